The van der Waals surface area contributed by atoms with E-state index in [1.165, 1.54) is 0 Å². The topological polar surface area (TPSA) is 49.4 Å². The normalized spacial score (nSPS) is 19.0. The van der Waals surface area contributed by atoms with Crippen molar-refractivity contribution in [3.63, 3.8) is 0 Å². The highest BCUT2D eigenvalue weighted by Gasteiger charge is 2.36. The summed E-state index contributed by atoms with van der Waals surface area (Å²) in [6, 6.07) is 7.15. The number of rotatable bonds is 4. The Bertz CT molecular complexity index is 557. The Labute approximate surface area is 130 Å². The van der Waals surface area contributed by atoms with Crippen LogP contribution in [0.5, 0.6) is 0 Å². The molecule has 4 nitrogen and oxygen atoms in total. The van der Waals surface area contributed by atoms with Crippen LogP contribution in [0.3, 0.4) is 0 Å². The number of carbonyl (C=O) groups excluding carboxylic acids is 2. The number of hydrogen-bond acceptors (Lipinski definition) is 2. The van der Waals surface area contributed by atoms with Crippen molar-refractivity contribution < 1.29 is 9.59 Å². The van der Waals surface area contributed by atoms with E-state index in [0.29, 0.717) is 11.6 Å². The number of amides is 2. The van der Waals surface area contributed by atoms with E-state index in [2.05, 4.69) is 5.32 Å². The molecule has 0 aromatic heterocycles. The van der Waals surface area contributed by atoms with Gasteiger partial charge in [0.2, 0.25) is 11.8 Å². The minimum Gasteiger partial charge on any atom is -0.351 e. The first-order valence-corrected chi connectivity index (χ1v) is 7.58. The minimum absolute atomic E-state index is 0.0354. The quantitative estimate of drug-likeness (QED) is 0.929. The summed E-state index contributed by atoms with van der Waals surface area (Å²) in [5.41, 5.74) is 0.501. The highest BCUT2D eigenvalue weighted by Crippen LogP contribution is 2.27. The zero-order valence-electron chi connectivity index (χ0n) is 12.6. The summed E-state index contributed by atoms with van der Waals surface area (Å²) < 4.78 is 0. The lowest BCUT2D eigenvalue weighted by molar-refractivity contribution is -0.127. The molecule has 5 heteroatoms. The van der Waals surface area contributed by atoms with Crippen LogP contribution in [0, 0.1) is 5.92 Å². The van der Waals surface area contributed by atoms with E-state index >= 15 is 0 Å². The predicted octanol–water partition coefficient (Wildman–Crippen LogP) is 3.00. The summed E-state index contributed by atoms with van der Waals surface area (Å²) >= 11 is 5.96. The van der Waals surface area contributed by atoms with Gasteiger partial charge in [0.05, 0.1) is 5.92 Å². The predicted molar refractivity (Wildman–Crippen MR) is 84.4 cm³/mol. The number of benzene rings is 1. The van der Waals surface area contributed by atoms with Crippen LogP contribution < -0.4 is 10.2 Å². The van der Waals surface area contributed by atoms with Crippen molar-refractivity contribution in [3.05, 3.63) is 29.3 Å². The van der Waals surface area contributed by atoms with Crippen molar-refractivity contribution in [2.45, 2.75) is 39.2 Å². The average Bonchev–Trinajstić information content (AvgIpc) is 2.80. The van der Waals surface area contributed by atoms with E-state index in [9.17, 15) is 9.59 Å². The monoisotopic (exact) mass is 308 g/mol. The maximum Gasteiger partial charge on any atom is 0.227 e. The Morgan fingerprint density at radius 3 is 2.81 bits per heavy atom. The molecule has 1 aliphatic rings. The second kappa shape index (κ2) is 6.06. The molecule has 1 saturated heterocycles. The van der Waals surface area contributed by atoms with E-state index in [-0.39, 0.29) is 29.7 Å². The molecule has 0 aliphatic carbocycles. The fourth-order valence-electron chi connectivity index (χ4n) is 2.30. The van der Waals surface area contributed by atoms with Gasteiger partial charge in [-0.1, -0.05) is 24.6 Å². The van der Waals surface area contributed by atoms with Crippen LogP contribution in [0.15, 0.2) is 24.3 Å². The van der Waals surface area contributed by atoms with Crippen molar-refractivity contribution >= 4 is 29.1 Å². The van der Waals surface area contributed by atoms with Gasteiger partial charge in [0.15, 0.2) is 0 Å². The number of nitrogens with zero attached hydrogens (tertiary/aromatic N) is 1. The number of halogens is 1. The van der Waals surface area contributed by atoms with Crippen LogP contribution in [0.4, 0.5) is 5.69 Å². The summed E-state index contributed by atoms with van der Waals surface area (Å²) in [4.78, 5) is 26.1. The molecule has 0 spiro atoms. The third-order valence-corrected chi connectivity index (χ3v) is 4.20. The van der Waals surface area contributed by atoms with Gasteiger partial charge in [0.25, 0.3) is 0 Å². The lowest BCUT2D eigenvalue weighted by atomic mass is 9.99. The summed E-state index contributed by atoms with van der Waals surface area (Å²) in [7, 11) is 0. The molecule has 1 atom stereocenters. The molecule has 1 unspecified atom stereocenters. The Hall–Kier alpha value is -1.55. The first-order valence-electron chi connectivity index (χ1n) is 7.20. The van der Waals surface area contributed by atoms with E-state index < -0.39 is 0 Å². The van der Waals surface area contributed by atoms with Crippen LogP contribution in [0.2, 0.25) is 5.02 Å². The highest BCUT2D eigenvalue weighted by molar-refractivity contribution is 6.30. The van der Waals surface area contributed by atoms with E-state index in [4.69, 9.17) is 11.6 Å². The molecular formula is C16H21ClN2O2. The first kappa shape index (κ1) is 15.8. The molecule has 1 heterocycles. The van der Waals surface area contributed by atoms with Crippen molar-refractivity contribution in [3.8, 4) is 0 Å². The third kappa shape index (κ3) is 3.76. The fraction of sp³-hybridized carbons (Fsp3) is 0.500. The summed E-state index contributed by atoms with van der Waals surface area (Å²) in [5.74, 6) is -0.395. The number of anilines is 1. The van der Waals surface area contributed by atoms with Gasteiger partial charge < -0.3 is 10.2 Å². The number of carbonyl (C=O) groups is 2. The van der Waals surface area contributed by atoms with Gasteiger partial charge in [-0.3, -0.25) is 9.59 Å². The molecule has 1 aromatic rings. The highest BCUT2D eigenvalue weighted by atomic mass is 35.5. The number of hydrogen-bond donors (Lipinski definition) is 1. The SMILES string of the molecule is CCC(C)(C)NC(=O)C1CC(=O)N(c2cccc(Cl)c2)C1. The molecular weight excluding hydrogens is 288 g/mol. The molecule has 0 radical (unpaired) electrons. The number of nitrogens with one attached hydrogen (secondary N) is 1. The molecule has 1 N–H and O–H groups in total. The van der Waals surface area contributed by atoms with E-state index in [1.807, 2.05) is 26.8 Å². The van der Waals surface area contributed by atoms with E-state index in [1.54, 1.807) is 23.1 Å². The summed E-state index contributed by atoms with van der Waals surface area (Å²) in [6.07, 6.45) is 1.09. The van der Waals surface area contributed by atoms with Crippen molar-refractivity contribution in [1.82, 2.24) is 5.32 Å². The van der Waals surface area contributed by atoms with Gasteiger partial charge in [-0.15, -0.1) is 0 Å². The van der Waals surface area contributed by atoms with Gasteiger partial charge >= 0.3 is 0 Å². The molecule has 2 rings (SSSR count). The van der Waals surface area contributed by atoms with Gasteiger partial charge in [-0.2, -0.15) is 0 Å². The summed E-state index contributed by atoms with van der Waals surface area (Å²) in [6.45, 7) is 6.40. The molecule has 0 bridgehead atoms. The van der Waals surface area contributed by atoms with Crippen LogP contribution >= 0.6 is 11.6 Å². The molecule has 114 valence electrons. The maximum absolute atomic E-state index is 12.3. The Morgan fingerprint density at radius 2 is 2.19 bits per heavy atom. The zero-order chi connectivity index (χ0) is 15.6. The maximum atomic E-state index is 12.3. The fourth-order valence-corrected chi connectivity index (χ4v) is 2.49. The Morgan fingerprint density at radius 1 is 1.48 bits per heavy atom. The minimum atomic E-state index is -0.303. The van der Waals surface area contributed by atoms with Crippen LogP contribution in [0.1, 0.15) is 33.6 Å². The first-order chi connectivity index (χ1) is 9.82. The molecule has 0 saturated carbocycles. The lowest BCUT2D eigenvalue weighted by Crippen LogP contribution is -2.46. The molecule has 2 amide bonds. The Kier molecular flexibility index (Phi) is 4.57. The molecule has 1 aromatic carbocycles. The largest absolute Gasteiger partial charge is 0.351 e. The van der Waals surface area contributed by atoms with Crippen LogP contribution in [-0.4, -0.2) is 23.9 Å². The zero-order valence-corrected chi connectivity index (χ0v) is 13.4. The smallest absolute Gasteiger partial charge is 0.227 e. The van der Waals surface area contributed by atoms with Gasteiger partial charge in [0, 0.05) is 29.2 Å². The third-order valence-electron chi connectivity index (χ3n) is 3.96. The van der Waals surface area contributed by atoms with Crippen molar-refractivity contribution in [2.24, 2.45) is 5.92 Å². The summed E-state index contributed by atoms with van der Waals surface area (Å²) in [5, 5.41) is 3.59. The average molecular weight is 309 g/mol. The van der Waals surface area contributed by atoms with Crippen molar-refractivity contribution in [2.75, 3.05) is 11.4 Å². The molecule has 21 heavy (non-hydrogen) atoms. The lowest BCUT2D eigenvalue weighted by Gasteiger charge is -2.26. The molecule has 1 fully saturated rings. The van der Waals surface area contributed by atoms with E-state index in [0.717, 1.165) is 12.1 Å². The van der Waals surface area contributed by atoms with Crippen LogP contribution in [-0.2, 0) is 9.59 Å². The van der Waals surface area contributed by atoms with Crippen LogP contribution in [0.25, 0.3) is 0 Å². The second-order valence-electron chi connectivity index (χ2n) is 6.11. The van der Waals surface area contributed by atoms with Gasteiger partial charge in [-0.05, 0) is 38.5 Å². The van der Waals surface area contributed by atoms with Gasteiger partial charge in [0.1, 0.15) is 0 Å². The Balaban J connectivity index is 2.08. The standard InChI is InChI=1S/C16H21ClN2O2/c1-4-16(2,3)18-15(21)11-8-14(20)19(10-11)13-7-5-6-12(17)9-13/h5-7,9,11H,4,8,10H2,1-3H3,(H,18,21). The second-order valence-corrected chi connectivity index (χ2v) is 6.55. The van der Waals surface area contributed by atoms with Gasteiger partial charge in [-0.25, -0.2) is 0 Å². The molecule has 1 aliphatic heterocycles. The van der Waals surface area contributed by atoms with Crippen molar-refractivity contribution in [1.29, 1.82) is 0 Å².